The molecule has 0 spiro atoms. The smallest absolute Gasteiger partial charge is 0.171 e. The molecular weight excluding hydrogens is 208 g/mol. The summed E-state index contributed by atoms with van der Waals surface area (Å²) in [6.07, 6.45) is 0. The molecule has 2 rings (SSSR count). The molecule has 0 heterocycles. The molecule has 0 saturated carbocycles. The first-order valence-electron chi connectivity index (χ1n) is 4.03. The molecule has 68 valence electrons. The van der Waals surface area contributed by atoms with Gasteiger partial charge >= 0.3 is 23.7 Å². The van der Waals surface area contributed by atoms with Gasteiger partial charge in [0.25, 0.3) is 0 Å². The van der Waals surface area contributed by atoms with Gasteiger partial charge in [0, 0.05) is 0 Å². The van der Waals surface area contributed by atoms with Crippen molar-refractivity contribution in [2.45, 2.75) is 0 Å². The molecular formula is C12H10OTi. The van der Waals surface area contributed by atoms with Crippen molar-refractivity contribution in [2.75, 3.05) is 0 Å². The molecule has 0 fully saturated rings. The average Bonchev–Trinajstić information content (AvgIpc) is 2.37. The van der Waals surface area contributed by atoms with E-state index in [4.69, 9.17) is 3.32 Å². The molecule has 0 aliphatic heterocycles. The Labute approximate surface area is 96.5 Å². The monoisotopic (exact) mass is 218 g/mol. The third kappa shape index (κ3) is 9.05. The molecule has 0 N–H and O–H groups in total. The van der Waals surface area contributed by atoms with Crippen molar-refractivity contribution in [3.05, 3.63) is 72.8 Å². The molecule has 0 aliphatic rings. The van der Waals surface area contributed by atoms with Crippen LogP contribution < -0.4 is 0 Å². The van der Waals surface area contributed by atoms with Gasteiger partial charge in [-0.1, -0.05) is 0 Å². The second-order valence-electron chi connectivity index (χ2n) is 2.15. The molecule has 1 nitrogen and oxygen atoms in total. The topological polar surface area (TPSA) is 17.1 Å². The molecule has 0 atom stereocenters. The Morgan fingerprint density at radius 2 is 0.857 bits per heavy atom. The maximum absolute atomic E-state index is 8.25. The van der Waals surface area contributed by atoms with Crippen LogP contribution in [0.25, 0.3) is 0 Å². The molecule has 2 aromatic carbocycles. The quantitative estimate of drug-likeness (QED) is 0.490. The van der Waals surface area contributed by atoms with Gasteiger partial charge in [-0.25, -0.2) is 0 Å². The molecule has 2 aromatic rings. The Morgan fingerprint density at radius 1 is 0.571 bits per heavy atom. The van der Waals surface area contributed by atoms with E-state index in [-0.39, 0.29) is 0 Å². The van der Waals surface area contributed by atoms with Crippen LogP contribution in [0.4, 0.5) is 0 Å². The minimum Gasteiger partial charge on any atom is -0.184 e. The van der Waals surface area contributed by atoms with Crippen molar-refractivity contribution in [3.63, 3.8) is 0 Å². The van der Waals surface area contributed by atoms with Crippen LogP contribution in [-0.4, -0.2) is 0 Å². The fourth-order valence-electron chi connectivity index (χ4n) is 0.684. The summed E-state index contributed by atoms with van der Waals surface area (Å²) in [7, 11) is 0. The van der Waals surface area contributed by atoms with Gasteiger partial charge in [0.05, 0.1) is 0 Å². The third-order valence-corrected chi connectivity index (χ3v) is 1.21. The van der Waals surface area contributed by atoms with E-state index in [0.717, 1.165) is 20.4 Å². The molecule has 0 aromatic heterocycles. The van der Waals surface area contributed by atoms with Gasteiger partial charge < -0.3 is 0 Å². The Kier molecular flexibility index (Phi) is 11.1. The first-order chi connectivity index (χ1) is 7.00. The molecule has 0 amide bonds. The minimum atomic E-state index is 0.750. The molecule has 0 unspecified atom stereocenters. The predicted octanol–water partition coefficient (Wildman–Crippen LogP) is 2.85. The Hall–Kier alpha value is -1.05. The molecule has 0 radical (unpaired) electrons. The summed E-state index contributed by atoms with van der Waals surface area (Å²) in [5.74, 6) is 0. The summed E-state index contributed by atoms with van der Waals surface area (Å²) in [4.78, 5) is 0. The summed E-state index contributed by atoms with van der Waals surface area (Å²) in [6.45, 7) is 0. The van der Waals surface area contributed by atoms with Crippen molar-refractivity contribution >= 4 is 0 Å². The van der Waals surface area contributed by atoms with Gasteiger partial charge in [-0.15, -0.1) is 0 Å². The van der Waals surface area contributed by atoms with E-state index in [1.54, 1.807) is 0 Å². The Balaban J connectivity index is 0.000000206. The number of benzene rings is 2. The zero-order valence-electron chi connectivity index (χ0n) is 7.68. The fraction of sp³-hybridized carbons (Fsp3) is 0. The van der Waals surface area contributed by atoms with E-state index in [1.165, 1.54) is 0 Å². The third-order valence-electron chi connectivity index (χ3n) is 1.21. The summed E-state index contributed by atoms with van der Waals surface area (Å²) in [6, 6.07) is 25.0. The van der Waals surface area contributed by atoms with Crippen LogP contribution in [0, 0.1) is 12.1 Å². The van der Waals surface area contributed by atoms with Crippen molar-refractivity contribution < 1.29 is 23.7 Å². The van der Waals surface area contributed by atoms with Crippen LogP contribution >= 0.6 is 0 Å². The maximum atomic E-state index is 8.25. The van der Waals surface area contributed by atoms with Gasteiger partial charge in [-0.05, 0) is 0 Å². The Bertz CT molecular complexity index is 199. The maximum Gasteiger partial charge on any atom is -0.171 e. The number of hydrogen-bond donors (Lipinski definition) is 0. The molecule has 0 aliphatic carbocycles. The van der Waals surface area contributed by atoms with Gasteiger partial charge in [-0.3, -0.25) is 0 Å². The van der Waals surface area contributed by atoms with Crippen molar-refractivity contribution in [2.24, 2.45) is 0 Å². The second kappa shape index (κ2) is 12.0. The Morgan fingerprint density at radius 3 is 0.929 bits per heavy atom. The summed E-state index contributed by atoms with van der Waals surface area (Å²) < 4.78 is 8.25. The summed E-state index contributed by atoms with van der Waals surface area (Å²) in [5.41, 5.74) is 0. The fourth-order valence-corrected chi connectivity index (χ4v) is 0.684. The van der Waals surface area contributed by atoms with E-state index < -0.39 is 0 Å². The molecule has 14 heavy (non-hydrogen) atoms. The van der Waals surface area contributed by atoms with Crippen molar-refractivity contribution in [1.82, 2.24) is 0 Å². The normalized spacial score (nSPS) is 7.29. The van der Waals surface area contributed by atoms with Crippen LogP contribution in [0.5, 0.6) is 0 Å². The van der Waals surface area contributed by atoms with Crippen LogP contribution in [0.3, 0.4) is 0 Å². The van der Waals surface area contributed by atoms with Crippen LogP contribution in [0.2, 0.25) is 0 Å². The van der Waals surface area contributed by atoms with Crippen molar-refractivity contribution in [3.8, 4) is 0 Å². The molecule has 2 heteroatoms. The summed E-state index contributed by atoms with van der Waals surface area (Å²) >= 11 is 0.750. The molecule has 0 bridgehead atoms. The van der Waals surface area contributed by atoms with Crippen LogP contribution in [0.1, 0.15) is 0 Å². The van der Waals surface area contributed by atoms with Crippen LogP contribution in [0.15, 0.2) is 60.7 Å². The van der Waals surface area contributed by atoms with Crippen LogP contribution in [-0.2, 0) is 23.7 Å². The van der Waals surface area contributed by atoms with Gasteiger partial charge in [0.2, 0.25) is 0 Å². The second-order valence-corrected chi connectivity index (χ2v) is 2.15. The number of hydrogen-bond acceptors (Lipinski definition) is 1. The number of rotatable bonds is 0. The zero-order chi connectivity index (χ0) is 10.5. The zero-order valence-corrected chi connectivity index (χ0v) is 9.24. The SMILES string of the molecule is [O]=[Ti+2].[c-]1ccccc1.[c-]1ccccc1. The van der Waals surface area contributed by atoms with E-state index in [9.17, 15) is 0 Å². The standard InChI is InChI=1S/2C6H5.O.Ti/c2*1-2-4-6-5-3-1;;/h2*1-5H;;/q2*-1;;+2. The van der Waals surface area contributed by atoms with E-state index in [2.05, 4.69) is 12.1 Å². The minimum absolute atomic E-state index is 0.750. The van der Waals surface area contributed by atoms with Gasteiger partial charge in [0.1, 0.15) is 0 Å². The largest absolute Gasteiger partial charge is 0.184 e. The summed E-state index contributed by atoms with van der Waals surface area (Å²) in [5, 5.41) is 0. The molecule has 0 saturated heterocycles. The van der Waals surface area contributed by atoms with Gasteiger partial charge in [-0.2, -0.15) is 72.8 Å². The van der Waals surface area contributed by atoms with Gasteiger partial charge in [0.15, 0.2) is 0 Å². The average molecular weight is 218 g/mol. The first kappa shape index (κ1) is 13.0. The van der Waals surface area contributed by atoms with E-state index in [0.29, 0.717) is 0 Å². The first-order valence-corrected chi connectivity index (χ1v) is 4.66. The predicted molar refractivity (Wildman–Crippen MR) is 51.2 cm³/mol. The van der Waals surface area contributed by atoms with Crippen molar-refractivity contribution in [1.29, 1.82) is 0 Å². The van der Waals surface area contributed by atoms with E-state index >= 15 is 0 Å². The van der Waals surface area contributed by atoms with E-state index in [1.807, 2.05) is 60.7 Å².